The second kappa shape index (κ2) is 5.07. The van der Waals surface area contributed by atoms with Gasteiger partial charge < -0.3 is 5.32 Å². The molecule has 1 atom stereocenters. The van der Waals surface area contributed by atoms with Gasteiger partial charge in [0.05, 0.1) is 5.02 Å². The molecule has 1 N–H and O–H groups in total. The number of anilines is 1. The summed E-state index contributed by atoms with van der Waals surface area (Å²) in [6, 6.07) is 5.24. The molecule has 1 nitrogen and oxygen atoms in total. The molecule has 0 saturated carbocycles. The van der Waals surface area contributed by atoms with E-state index in [2.05, 4.69) is 19.2 Å². The van der Waals surface area contributed by atoms with Crippen molar-refractivity contribution in [3.05, 3.63) is 29.0 Å². The van der Waals surface area contributed by atoms with Crippen molar-refractivity contribution < 1.29 is 4.39 Å². The van der Waals surface area contributed by atoms with Crippen LogP contribution < -0.4 is 5.32 Å². The Hall–Kier alpha value is -0.410. The Kier molecular flexibility index (Phi) is 3.88. The average Bonchev–Trinajstić information content (AvgIpc) is 2.22. The van der Waals surface area contributed by atoms with E-state index < -0.39 is 0 Å². The molecule has 1 aliphatic heterocycles. The fourth-order valence-electron chi connectivity index (χ4n) is 2.18. The summed E-state index contributed by atoms with van der Waals surface area (Å²) in [6.07, 6.45) is 1.13. The van der Waals surface area contributed by atoms with Gasteiger partial charge in [0.2, 0.25) is 0 Å². The highest BCUT2D eigenvalue weighted by atomic mass is 35.5. The lowest BCUT2D eigenvalue weighted by Gasteiger charge is -2.35. The highest BCUT2D eigenvalue weighted by Crippen LogP contribution is 2.35. The van der Waals surface area contributed by atoms with Crippen LogP contribution in [0.3, 0.4) is 0 Å². The lowest BCUT2D eigenvalue weighted by atomic mass is 9.88. The van der Waals surface area contributed by atoms with E-state index in [9.17, 15) is 4.39 Å². The maximum atomic E-state index is 13.0. The van der Waals surface area contributed by atoms with Crippen LogP contribution in [-0.2, 0) is 0 Å². The van der Waals surface area contributed by atoms with Gasteiger partial charge in [-0.1, -0.05) is 25.4 Å². The molecule has 1 aromatic carbocycles. The summed E-state index contributed by atoms with van der Waals surface area (Å²) in [5.41, 5.74) is 1.27. The molecule has 0 aliphatic carbocycles. The van der Waals surface area contributed by atoms with Gasteiger partial charge in [-0.3, -0.25) is 0 Å². The van der Waals surface area contributed by atoms with Crippen molar-refractivity contribution in [3.8, 4) is 0 Å². The summed E-state index contributed by atoms with van der Waals surface area (Å²) in [6.45, 7) is 4.57. The molecule has 17 heavy (non-hydrogen) atoms. The van der Waals surface area contributed by atoms with E-state index in [0.29, 0.717) is 11.5 Å². The number of nitrogens with one attached hydrogen (secondary N) is 1. The van der Waals surface area contributed by atoms with Gasteiger partial charge in [-0.05, 0) is 35.8 Å². The average molecular weight is 274 g/mol. The first-order valence-electron chi connectivity index (χ1n) is 5.76. The number of thioether (sulfide) groups is 1. The first kappa shape index (κ1) is 13.0. The van der Waals surface area contributed by atoms with Crippen LogP contribution in [-0.4, -0.2) is 17.5 Å². The van der Waals surface area contributed by atoms with E-state index in [-0.39, 0.29) is 10.8 Å². The fraction of sp³-hybridized carbons (Fsp3) is 0.538. The van der Waals surface area contributed by atoms with Gasteiger partial charge in [-0.15, -0.1) is 0 Å². The third kappa shape index (κ3) is 3.52. The van der Waals surface area contributed by atoms with E-state index in [1.807, 2.05) is 11.8 Å². The molecular weight excluding hydrogens is 257 g/mol. The Balaban J connectivity index is 2.03. The molecule has 94 valence electrons. The second-order valence-corrected chi connectivity index (χ2v) is 6.79. The number of rotatable bonds is 2. The molecule has 1 heterocycles. The highest BCUT2D eigenvalue weighted by Gasteiger charge is 2.28. The number of halogens is 2. The van der Waals surface area contributed by atoms with Crippen molar-refractivity contribution in [2.24, 2.45) is 5.41 Å². The minimum atomic E-state index is -0.365. The van der Waals surface area contributed by atoms with E-state index in [1.165, 1.54) is 11.8 Å². The molecule has 1 saturated heterocycles. The van der Waals surface area contributed by atoms with Gasteiger partial charge >= 0.3 is 0 Å². The smallest absolute Gasteiger partial charge is 0.141 e. The minimum Gasteiger partial charge on any atom is -0.381 e. The van der Waals surface area contributed by atoms with Crippen molar-refractivity contribution >= 4 is 29.1 Å². The molecule has 0 amide bonds. The molecule has 0 aromatic heterocycles. The first-order valence-corrected chi connectivity index (χ1v) is 7.29. The third-order valence-corrected chi connectivity index (χ3v) is 4.81. The van der Waals surface area contributed by atoms with Gasteiger partial charge in [-0.2, -0.15) is 11.8 Å². The topological polar surface area (TPSA) is 12.0 Å². The van der Waals surface area contributed by atoms with E-state index >= 15 is 0 Å². The zero-order valence-corrected chi connectivity index (χ0v) is 11.7. The van der Waals surface area contributed by atoms with Crippen LogP contribution in [0.5, 0.6) is 0 Å². The highest BCUT2D eigenvalue weighted by molar-refractivity contribution is 7.99. The fourth-order valence-corrected chi connectivity index (χ4v) is 3.63. The normalized spacial score (nSPS) is 23.4. The Bertz CT molecular complexity index is 408. The maximum Gasteiger partial charge on any atom is 0.141 e. The Labute approximate surface area is 111 Å². The first-order chi connectivity index (χ1) is 7.96. The van der Waals surface area contributed by atoms with Crippen LogP contribution in [0.2, 0.25) is 5.02 Å². The predicted molar refractivity (Wildman–Crippen MR) is 74.5 cm³/mol. The van der Waals surface area contributed by atoms with E-state index in [4.69, 9.17) is 11.6 Å². The largest absolute Gasteiger partial charge is 0.381 e. The number of hydrogen-bond donors (Lipinski definition) is 1. The molecule has 0 radical (unpaired) electrons. The van der Waals surface area contributed by atoms with Gasteiger partial charge in [-0.25, -0.2) is 4.39 Å². The van der Waals surface area contributed by atoms with Crippen LogP contribution >= 0.6 is 23.4 Å². The van der Waals surface area contributed by atoms with Crippen molar-refractivity contribution in [2.45, 2.75) is 26.3 Å². The Morgan fingerprint density at radius 3 is 2.88 bits per heavy atom. The monoisotopic (exact) mass is 273 g/mol. The molecule has 2 rings (SSSR count). The molecule has 0 spiro atoms. The van der Waals surface area contributed by atoms with Crippen LogP contribution in [0.4, 0.5) is 10.1 Å². The zero-order chi connectivity index (χ0) is 12.5. The summed E-state index contributed by atoms with van der Waals surface area (Å²) in [5, 5.41) is 3.61. The molecular formula is C13H17ClFNS. The van der Waals surface area contributed by atoms with Gasteiger partial charge in [0.1, 0.15) is 5.82 Å². The summed E-state index contributed by atoms with van der Waals surface area (Å²) in [7, 11) is 0. The second-order valence-electron chi connectivity index (χ2n) is 5.35. The van der Waals surface area contributed by atoms with E-state index in [1.54, 1.807) is 12.1 Å². The molecule has 1 aromatic rings. The molecule has 0 bridgehead atoms. The molecule has 1 unspecified atom stereocenters. The summed E-state index contributed by atoms with van der Waals surface area (Å²) in [4.78, 5) is 0. The van der Waals surface area contributed by atoms with Gasteiger partial charge in [0, 0.05) is 17.5 Å². The van der Waals surface area contributed by atoms with Crippen LogP contribution in [0.1, 0.15) is 20.3 Å². The number of hydrogen-bond acceptors (Lipinski definition) is 2. The van der Waals surface area contributed by atoms with Gasteiger partial charge in [0.15, 0.2) is 0 Å². The molecule has 1 aliphatic rings. The standard InChI is InChI=1S/C13H17ClFNS/c1-13(2)6-10(7-17-8-13)16-9-3-4-12(15)11(14)5-9/h3-5,10,16H,6-8H2,1-2H3. The summed E-state index contributed by atoms with van der Waals surface area (Å²) >= 11 is 7.73. The Morgan fingerprint density at radius 2 is 2.24 bits per heavy atom. The lowest BCUT2D eigenvalue weighted by molar-refractivity contribution is 0.358. The summed E-state index contributed by atoms with van der Waals surface area (Å²) in [5.74, 6) is 1.93. The quantitative estimate of drug-likeness (QED) is 0.856. The van der Waals surface area contributed by atoms with Crippen LogP contribution in [0.25, 0.3) is 0 Å². The molecule has 4 heteroatoms. The van der Waals surface area contributed by atoms with Gasteiger partial charge in [0.25, 0.3) is 0 Å². The lowest BCUT2D eigenvalue weighted by Crippen LogP contribution is -2.35. The van der Waals surface area contributed by atoms with Crippen molar-refractivity contribution in [2.75, 3.05) is 16.8 Å². The third-order valence-electron chi connectivity index (χ3n) is 2.90. The zero-order valence-electron chi connectivity index (χ0n) is 10.1. The minimum absolute atomic E-state index is 0.178. The summed E-state index contributed by atoms with van der Waals surface area (Å²) < 4.78 is 13.0. The SMILES string of the molecule is CC1(C)CSCC(Nc2ccc(F)c(Cl)c2)C1. The number of benzene rings is 1. The van der Waals surface area contributed by atoms with E-state index in [0.717, 1.165) is 17.9 Å². The predicted octanol–water partition coefficient (Wildman–Crippen LogP) is 4.42. The van der Waals surface area contributed by atoms with Crippen LogP contribution in [0, 0.1) is 11.2 Å². The van der Waals surface area contributed by atoms with Crippen molar-refractivity contribution in [3.63, 3.8) is 0 Å². The van der Waals surface area contributed by atoms with Crippen LogP contribution in [0.15, 0.2) is 18.2 Å². The Morgan fingerprint density at radius 1 is 1.47 bits per heavy atom. The maximum absolute atomic E-state index is 13.0. The van der Waals surface area contributed by atoms with Crippen molar-refractivity contribution in [1.82, 2.24) is 0 Å². The molecule has 1 fully saturated rings. The van der Waals surface area contributed by atoms with Crippen molar-refractivity contribution in [1.29, 1.82) is 0 Å².